The van der Waals surface area contributed by atoms with E-state index in [0.717, 1.165) is 18.4 Å². The molecule has 1 heterocycles. The Hall–Kier alpha value is -0.860. The van der Waals surface area contributed by atoms with Crippen molar-refractivity contribution in [2.75, 3.05) is 19.6 Å². The molecule has 1 aromatic carbocycles. The average Bonchev–Trinajstić information content (AvgIpc) is 3.12. The first-order valence-electron chi connectivity index (χ1n) is 6.86. The van der Waals surface area contributed by atoms with Gasteiger partial charge in [-0.3, -0.25) is 0 Å². The molecule has 0 bridgehead atoms. The Morgan fingerprint density at radius 2 is 1.94 bits per heavy atom. The smallest absolute Gasteiger partial charge is 0.0196 e. The second-order valence-corrected chi connectivity index (χ2v) is 5.66. The highest BCUT2D eigenvalue weighted by Gasteiger charge is 2.32. The second-order valence-electron chi connectivity index (χ2n) is 5.66. The van der Waals surface area contributed by atoms with Crippen LogP contribution in [0, 0.1) is 5.92 Å². The summed E-state index contributed by atoms with van der Waals surface area (Å²) in [5.74, 6) is 1.55. The molecule has 2 unspecified atom stereocenters. The molecule has 2 N–H and O–H groups in total. The van der Waals surface area contributed by atoms with Gasteiger partial charge >= 0.3 is 0 Å². The van der Waals surface area contributed by atoms with Crippen LogP contribution in [0.4, 0.5) is 0 Å². The van der Waals surface area contributed by atoms with Gasteiger partial charge in [0.2, 0.25) is 0 Å². The van der Waals surface area contributed by atoms with E-state index in [9.17, 15) is 0 Å². The summed E-state index contributed by atoms with van der Waals surface area (Å²) in [6.07, 6.45) is 4.01. The molecule has 0 radical (unpaired) electrons. The summed E-state index contributed by atoms with van der Waals surface area (Å²) in [4.78, 5) is 2.56. The maximum atomic E-state index is 6.20. The maximum absolute atomic E-state index is 6.20. The van der Waals surface area contributed by atoms with Gasteiger partial charge in [-0.1, -0.05) is 30.3 Å². The van der Waals surface area contributed by atoms with E-state index >= 15 is 0 Å². The normalized spacial score (nSPS) is 27.2. The first-order valence-corrected chi connectivity index (χ1v) is 6.86. The molecule has 0 amide bonds. The van der Waals surface area contributed by atoms with Crippen LogP contribution in [-0.4, -0.2) is 30.6 Å². The zero-order chi connectivity index (χ0) is 11.7. The first kappa shape index (κ1) is 11.2. The van der Waals surface area contributed by atoms with E-state index in [1.165, 1.54) is 37.9 Å². The fraction of sp³-hybridized carbons (Fsp3) is 0.600. The third-order valence-electron chi connectivity index (χ3n) is 4.24. The Balaban J connectivity index is 1.54. The molecule has 3 rings (SSSR count). The quantitative estimate of drug-likeness (QED) is 0.859. The Labute approximate surface area is 104 Å². The summed E-state index contributed by atoms with van der Waals surface area (Å²) in [5.41, 5.74) is 7.70. The molecule has 2 aliphatic rings. The number of likely N-dealkylation sites (tertiary alicyclic amines) is 1. The monoisotopic (exact) mass is 230 g/mol. The zero-order valence-electron chi connectivity index (χ0n) is 10.4. The van der Waals surface area contributed by atoms with Crippen LogP contribution in [0.2, 0.25) is 0 Å². The van der Waals surface area contributed by atoms with E-state index in [-0.39, 0.29) is 0 Å². The Morgan fingerprint density at radius 1 is 1.18 bits per heavy atom. The fourth-order valence-corrected chi connectivity index (χ4v) is 2.97. The lowest BCUT2D eigenvalue weighted by Crippen LogP contribution is -2.37. The van der Waals surface area contributed by atoms with Crippen molar-refractivity contribution in [1.82, 2.24) is 4.90 Å². The molecule has 2 fully saturated rings. The summed E-state index contributed by atoms with van der Waals surface area (Å²) in [6, 6.07) is 11.3. The van der Waals surface area contributed by atoms with Crippen LogP contribution in [0.15, 0.2) is 30.3 Å². The number of nitrogens with zero attached hydrogens (tertiary/aromatic N) is 1. The standard InChI is InChI=1S/C15H22N2/c16-15(13-6-7-13)11-17-9-8-14(10-17)12-4-2-1-3-5-12/h1-5,13-15H,6-11,16H2. The Kier molecular flexibility index (Phi) is 3.17. The molecule has 0 aromatic heterocycles. The van der Waals surface area contributed by atoms with E-state index in [2.05, 4.69) is 35.2 Å². The van der Waals surface area contributed by atoms with Crippen LogP contribution in [0.5, 0.6) is 0 Å². The van der Waals surface area contributed by atoms with E-state index in [4.69, 9.17) is 5.73 Å². The van der Waals surface area contributed by atoms with Crippen molar-refractivity contribution >= 4 is 0 Å². The molecule has 1 aliphatic heterocycles. The van der Waals surface area contributed by atoms with Gasteiger partial charge in [0, 0.05) is 19.1 Å². The van der Waals surface area contributed by atoms with E-state index in [0.29, 0.717) is 6.04 Å². The van der Waals surface area contributed by atoms with Crippen LogP contribution in [-0.2, 0) is 0 Å². The molecule has 1 saturated carbocycles. The van der Waals surface area contributed by atoms with Gasteiger partial charge in [0.15, 0.2) is 0 Å². The summed E-state index contributed by atoms with van der Waals surface area (Å²) in [5, 5.41) is 0. The van der Waals surface area contributed by atoms with Crippen LogP contribution < -0.4 is 5.73 Å². The van der Waals surface area contributed by atoms with Gasteiger partial charge in [0.05, 0.1) is 0 Å². The van der Waals surface area contributed by atoms with E-state index < -0.39 is 0 Å². The van der Waals surface area contributed by atoms with Crippen LogP contribution in [0.3, 0.4) is 0 Å². The van der Waals surface area contributed by atoms with Crippen LogP contribution in [0.1, 0.15) is 30.7 Å². The van der Waals surface area contributed by atoms with Gasteiger partial charge in [-0.25, -0.2) is 0 Å². The third kappa shape index (κ3) is 2.70. The third-order valence-corrected chi connectivity index (χ3v) is 4.24. The number of hydrogen-bond donors (Lipinski definition) is 1. The predicted octanol–water partition coefficient (Wildman–Crippen LogP) is 2.21. The number of hydrogen-bond acceptors (Lipinski definition) is 2. The average molecular weight is 230 g/mol. The van der Waals surface area contributed by atoms with Gasteiger partial charge in [0.1, 0.15) is 0 Å². The van der Waals surface area contributed by atoms with Crippen LogP contribution >= 0.6 is 0 Å². The van der Waals surface area contributed by atoms with E-state index in [1.54, 1.807) is 0 Å². The summed E-state index contributed by atoms with van der Waals surface area (Å²) in [7, 11) is 0. The second kappa shape index (κ2) is 4.79. The highest BCUT2D eigenvalue weighted by Crippen LogP contribution is 2.33. The number of rotatable bonds is 4. The number of nitrogens with two attached hydrogens (primary N) is 1. The van der Waals surface area contributed by atoms with Gasteiger partial charge in [-0.2, -0.15) is 0 Å². The minimum atomic E-state index is 0.421. The SMILES string of the molecule is NC(CN1CCC(c2ccccc2)C1)C1CC1. The molecule has 2 heteroatoms. The van der Waals surface area contributed by atoms with Gasteiger partial charge in [0.25, 0.3) is 0 Å². The van der Waals surface area contributed by atoms with Crippen molar-refractivity contribution in [3.05, 3.63) is 35.9 Å². The largest absolute Gasteiger partial charge is 0.326 e. The summed E-state index contributed by atoms with van der Waals surface area (Å²) < 4.78 is 0. The zero-order valence-corrected chi connectivity index (χ0v) is 10.4. The Bertz CT molecular complexity index is 358. The number of benzene rings is 1. The van der Waals surface area contributed by atoms with Crippen molar-refractivity contribution in [2.45, 2.75) is 31.2 Å². The molecule has 1 saturated heterocycles. The topological polar surface area (TPSA) is 29.3 Å². The van der Waals surface area contributed by atoms with Crippen molar-refractivity contribution in [3.8, 4) is 0 Å². The van der Waals surface area contributed by atoms with Gasteiger partial charge in [-0.15, -0.1) is 0 Å². The molecule has 17 heavy (non-hydrogen) atoms. The molecule has 2 atom stereocenters. The lowest BCUT2D eigenvalue weighted by molar-refractivity contribution is 0.298. The molecular formula is C15H22N2. The van der Waals surface area contributed by atoms with Crippen molar-refractivity contribution in [3.63, 3.8) is 0 Å². The minimum absolute atomic E-state index is 0.421. The van der Waals surface area contributed by atoms with Gasteiger partial charge < -0.3 is 10.6 Å². The first-order chi connectivity index (χ1) is 8.33. The van der Waals surface area contributed by atoms with Crippen LogP contribution in [0.25, 0.3) is 0 Å². The molecular weight excluding hydrogens is 208 g/mol. The van der Waals surface area contributed by atoms with Crippen molar-refractivity contribution in [1.29, 1.82) is 0 Å². The molecule has 2 nitrogen and oxygen atoms in total. The summed E-state index contributed by atoms with van der Waals surface area (Å²) >= 11 is 0. The van der Waals surface area contributed by atoms with Gasteiger partial charge in [-0.05, 0) is 43.2 Å². The minimum Gasteiger partial charge on any atom is -0.326 e. The fourth-order valence-electron chi connectivity index (χ4n) is 2.97. The van der Waals surface area contributed by atoms with Crippen molar-refractivity contribution in [2.24, 2.45) is 11.7 Å². The molecule has 1 aromatic rings. The maximum Gasteiger partial charge on any atom is 0.0196 e. The van der Waals surface area contributed by atoms with E-state index in [1.807, 2.05) is 0 Å². The lowest BCUT2D eigenvalue weighted by Gasteiger charge is -2.20. The highest BCUT2D eigenvalue weighted by atomic mass is 15.2. The molecule has 92 valence electrons. The molecule has 1 aliphatic carbocycles. The molecule has 0 spiro atoms. The Morgan fingerprint density at radius 3 is 2.65 bits per heavy atom. The predicted molar refractivity (Wildman–Crippen MR) is 70.9 cm³/mol. The summed E-state index contributed by atoms with van der Waals surface area (Å²) in [6.45, 7) is 3.53. The lowest BCUT2D eigenvalue weighted by atomic mass is 9.99. The van der Waals surface area contributed by atoms with Crippen molar-refractivity contribution < 1.29 is 0 Å². The highest BCUT2D eigenvalue weighted by molar-refractivity contribution is 5.21.